The van der Waals surface area contributed by atoms with E-state index in [2.05, 4.69) is 63.5 Å². The Morgan fingerprint density at radius 2 is 2.11 bits per heavy atom. The van der Waals surface area contributed by atoms with Gasteiger partial charge in [-0.25, -0.2) is 0 Å². The Morgan fingerprint density at radius 1 is 1.21 bits per heavy atom. The Morgan fingerprint density at radius 3 is 2.89 bits per heavy atom. The van der Waals surface area contributed by atoms with Crippen LogP contribution in [-0.2, 0) is 6.54 Å². The van der Waals surface area contributed by atoms with Crippen molar-refractivity contribution in [2.45, 2.75) is 13.5 Å². The summed E-state index contributed by atoms with van der Waals surface area (Å²) < 4.78 is 1.17. The van der Waals surface area contributed by atoms with Gasteiger partial charge in [0.1, 0.15) is 0 Å². The minimum absolute atomic E-state index is 0.837. The van der Waals surface area contributed by atoms with E-state index in [0.29, 0.717) is 0 Å². The van der Waals surface area contributed by atoms with Crippen molar-refractivity contribution in [3.8, 4) is 0 Å². The van der Waals surface area contributed by atoms with Gasteiger partial charge >= 0.3 is 0 Å². The summed E-state index contributed by atoms with van der Waals surface area (Å²) in [6.45, 7) is 2.93. The number of halogens is 1. The van der Waals surface area contributed by atoms with Crippen LogP contribution >= 0.6 is 27.3 Å². The van der Waals surface area contributed by atoms with Gasteiger partial charge in [0, 0.05) is 28.7 Å². The van der Waals surface area contributed by atoms with E-state index in [4.69, 9.17) is 0 Å². The van der Waals surface area contributed by atoms with Gasteiger partial charge in [-0.05, 0) is 58.7 Å². The van der Waals surface area contributed by atoms with Crippen molar-refractivity contribution in [3.63, 3.8) is 0 Å². The summed E-state index contributed by atoms with van der Waals surface area (Å²) in [5.74, 6) is 0. The molecule has 0 unspecified atom stereocenters. The first-order chi connectivity index (χ1) is 9.24. The fourth-order valence-corrected chi connectivity index (χ4v) is 3.52. The second-order valence-corrected chi connectivity index (χ2v) is 6.94. The molecule has 0 fully saturated rings. The topological polar surface area (TPSA) is 24.9 Å². The highest BCUT2D eigenvalue weighted by molar-refractivity contribution is 9.11. The highest BCUT2D eigenvalue weighted by Gasteiger charge is 2.04. The molecule has 2 heterocycles. The summed E-state index contributed by atoms with van der Waals surface area (Å²) in [7, 11) is 0. The number of anilines is 1. The predicted octanol–water partition coefficient (Wildman–Crippen LogP) is 4.98. The summed E-state index contributed by atoms with van der Waals surface area (Å²) in [6, 6.07) is 12.5. The van der Waals surface area contributed by atoms with Crippen LogP contribution in [0.25, 0.3) is 10.9 Å². The van der Waals surface area contributed by atoms with Crippen molar-refractivity contribution in [3.05, 3.63) is 56.8 Å². The largest absolute Gasteiger partial charge is 0.380 e. The first kappa shape index (κ1) is 12.6. The van der Waals surface area contributed by atoms with Crippen molar-refractivity contribution in [1.29, 1.82) is 0 Å². The molecule has 0 amide bonds. The van der Waals surface area contributed by atoms with Gasteiger partial charge < -0.3 is 5.32 Å². The Bertz CT molecular complexity index is 721. The maximum atomic E-state index is 4.46. The zero-order valence-corrected chi connectivity index (χ0v) is 12.9. The monoisotopic (exact) mass is 332 g/mol. The summed E-state index contributed by atoms with van der Waals surface area (Å²) in [4.78, 5) is 5.77. The van der Waals surface area contributed by atoms with E-state index in [1.807, 2.05) is 12.3 Å². The highest BCUT2D eigenvalue weighted by atomic mass is 79.9. The molecular weight excluding hydrogens is 320 g/mol. The highest BCUT2D eigenvalue weighted by Crippen LogP contribution is 2.27. The third kappa shape index (κ3) is 2.65. The molecule has 1 N–H and O–H groups in total. The number of aromatic nitrogens is 1. The zero-order valence-electron chi connectivity index (χ0n) is 10.5. The number of aryl methyl sites for hydroxylation is 1. The quantitative estimate of drug-likeness (QED) is 0.731. The van der Waals surface area contributed by atoms with Crippen LogP contribution in [0, 0.1) is 6.92 Å². The zero-order chi connectivity index (χ0) is 13.2. The lowest BCUT2D eigenvalue weighted by molar-refractivity contribution is 1.20. The second kappa shape index (κ2) is 5.31. The molecule has 0 saturated carbocycles. The molecule has 3 aromatic rings. The van der Waals surface area contributed by atoms with E-state index in [9.17, 15) is 0 Å². The third-order valence-corrected chi connectivity index (χ3v) is 4.68. The SMILES string of the molecule is Cc1ccc(NCc2ccc(Br)s2)c2cccnc12. The first-order valence-corrected chi connectivity index (χ1v) is 7.67. The molecule has 1 aromatic carbocycles. The lowest BCUT2D eigenvalue weighted by Gasteiger charge is -2.10. The first-order valence-electron chi connectivity index (χ1n) is 6.06. The summed E-state index contributed by atoms with van der Waals surface area (Å²) >= 11 is 5.24. The van der Waals surface area contributed by atoms with E-state index >= 15 is 0 Å². The van der Waals surface area contributed by atoms with E-state index in [0.717, 1.165) is 17.7 Å². The van der Waals surface area contributed by atoms with Gasteiger partial charge in [-0.3, -0.25) is 4.98 Å². The number of nitrogens with zero attached hydrogens (tertiary/aromatic N) is 1. The number of rotatable bonds is 3. The van der Waals surface area contributed by atoms with Crippen LogP contribution in [0.5, 0.6) is 0 Å². The van der Waals surface area contributed by atoms with E-state index in [1.165, 1.54) is 19.6 Å². The smallest absolute Gasteiger partial charge is 0.0751 e. The van der Waals surface area contributed by atoms with Crippen LogP contribution < -0.4 is 5.32 Å². The van der Waals surface area contributed by atoms with Crippen molar-refractivity contribution >= 4 is 43.9 Å². The molecule has 0 aliphatic heterocycles. The molecule has 3 rings (SSSR count). The molecular formula is C15H13BrN2S. The standard InChI is InChI=1S/C15H13BrN2S/c1-10-4-6-13(12-3-2-8-17-15(10)12)18-9-11-5-7-14(16)19-11/h2-8,18H,9H2,1H3. The molecule has 2 nitrogen and oxygen atoms in total. The number of pyridine rings is 1. The molecule has 0 spiro atoms. The van der Waals surface area contributed by atoms with E-state index in [-0.39, 0.29) is 0 Å². The van der Waals surface area contributed by atoms with Crippen LogP contribution in [0.3, 0.4) is 0 Å². The summed E-state index contributed by atoms with van der Waals surface area (Å²) in [5, 5.41) is 4.67. The molecule has 0 radical (unpaired) electrons. The molecule has 4 heteroatoms. The van der Waals surface area contributed by atoms with Gasteiger partial charge in [-0.15, -0.1) is 11.3 Å². The van der Waals surface area contributed by atoms with Crippen LogP contribution in [0.2, 0.25) is 0 Å². The lowest BCUT2D eigenvalue weighted by atomic mass is 10.1. The van der Waals surface area contributed by atoms with Gasteiger partial charge in [0.25, 0.3) is 0 Å². The number of nitrogens with one attached hydrogen (secondary N) is 1. The fraction of sp³-hybridized carbons (Fsp3) is 0.133. The third-order valence-electron chi connectivity index (χ3n) is 3.05. The van der Waals surface area contributed by atoms with Gasteiger partial charge in [0.15, 0.2) is 0 Å². The molecule has 96 valence electrons. The molecule has 0 bridgehead atoms. The van der Waals surface area contributed by atoms with Gasteiger partial charge in [0.2, 0.25) is 0 Å². The van der Waals surface area contributed by atoms with E-state index < -0.39 is 0 Å². The molecule has 0 atom stereocenters. The maximum absolute atomic E-state index is 4.46. The Hall–Kier alpha value is -1.39. The number of thiophene rings is 1. The molecule has 2 aromatic heterocycles. The molecule has 0 aliphatic rings. The van der Waals surface area contributed by atoms with Crippen molar-refractivity contribution in [1.82, 2.24) is 4.98 Å². The predicted molar refractivity (Wildman–Crippen MR) is 85.8 cm³/mol. The Labute approximate surface area is 124 Å². The average Bonchev–Trinajstić information content (AvgIpc) is 2.84. The Kier molecular flexibility index (Phi) is 3.53. The molecule has 0 aliphatic carbocycles. The van der Waals surface area contributed by atoms with Crippen molar-refractivity contribution in [2.24, 2.45) is 0 Å². The van der Waals surface area contributed by atoms with E-state index in [1.54, 1.807) is 11.3 Å². The number of fused-ring (bicyclic) bond motifs is 1. The van der Waals surface area contributed by atoms with Crippen molar-refractivity contribution in [2.75, 3.05) is 5.32 Å². The number of hydrogen-bond donors (Lipinski definition) is 1. The maximum Gasteiger partial charge on any atom is 0.0751 e. The number of benzene rings is 1. The van der Waals surface area contributed by atoms with Crippen LogP contribution in [0.1, 0.15) is 10.4 Å². The molecule has 19 heavy (non-hydrogen) atoms. The summed E-state index contributed by atoms with van der Waals surface area (Å²) in [6.07, 6.45) is 1.84. The van der Waals surface area contributed by atoms with Gasteiger partial charge in [0.05, 0.1) is 9.30 Å². The van der Waals surface area contributed by atoms with Crippen LogP contribution in [-0.4, -0.2) is 4.98 Å². The average molecular weight is 333 g/mol. The lowest BCUT2D eigenvalue weighted by Crippen LogP contribution is -1.99. The minimum atomic E-state index is 0.837. The fourth-order valence-electron chi connectivity index (χ4n) is 2.10. The normalized spacial score (nSPS) is 10.8. The van der Waals surface area contributed by atoms with Crippen LogP contribution in [0.4, 0.5) is 5.69 Å². The second-order valence-electron chi connectivity index (χ2n) is 4.39. The number of hydrogen-bond acceptors (Lipinski definition) is 3. The minimum Gasteiger partial charge on any atom is -0.380 e. The van der Waals surface area contributed by atoms with Gasteiger partial charge in [-0.2, -0.15) is 0 Å². The summed E-state index contributed by atoms with van der Waals surface area (Å²) in [5.41, 5.74) is 3.41. The van der Waals surface area contributed by atoms with Crippen molar-refractivity contribution < 1.29 is 0 Å². The molecule has 0 saturated heterocycles. The van der Waals surface area contributed by atoms with Crippen LogP contribution in [0.15, 0.2) is 46.4 Å². The Balaban J connectivity index is 1.91. The van der Waals surface area contributed by atoms with Gasteiger partial charge in [-0.1, -0.05) is 6.07 Å².